The van der Waals surface area contributed by atoms with Crippen LogP contribution in [0.4, 0.5) is 13.2 Å². The Morgan fingerprint density at radius 1 is 1.19 bits per heavy atom. The summed E-state index contributed by atoms with van der Waals surface area (Å²) < 4.78 is 63.0. The molecular weight excluding hydrogens is 309 g/mol. The van der Waals surface area contributed by atoms with Gasteiger partial charge >= 0.3 is 6.18 Å². The Bertz CT molecular complexity index is 634. The molecule has 0 aliphatic heterocycles. The third-order valence-corrected chi connectivity index (χ3v) is 4.97. The number of rotatable bonds is 6. The van der Waals surface area contributed by atoms with Crippen LogP contribution in [0.5, 0.6) is 0 Å². The Labute approximate surface area is 121 Å². The van der Waals surface area contributed by atoms with Crippen LogP contribution < -0.4 is 5.56 Å². The molecule has 0 N–H and O–H groups in total. The minimum Gasteiger partial charge on any atom is -0.314 e. The van der Waals surface area contributed by atoms with E-state index < -0.39 is 34.7 Å². The van der Waals surface area contributed by atoms with Gasteiger partial charge in [-0.3, -0.25) is 4.79 Å². The Morgan fingerprint density at radius 3 is 2.24 bits per heavy atom. The molecule has 0 fully saturated rings. The summed E-state index contributed by atoms with van der Waals surface area (Å²) in [5, 5.41) is 0. The summed E-state index contributed by atoms with van der Waals surface area (Å²) in [7, 11) is -3.80. The van der Waals surface area contributed by atoms with Gasteiger partial charge in [0.1, 0.15) is 0 Å². The standard InChI is InChI=1S/C12H17F3N2O3S/c1-3-17(4-2)21(19,20)10-5-6-11(18)16(9-10)8-7-12(13,14)15/h5-6,9H,3-4,7-8H2,1-2H3. The van der Waals surface area contributed by atoms with Gasteiger partial charge in [0.25, 0.3) is 5.56 Å². The number of pyridine rings is 1. The summed E-state index contributed by atoms with van der Waals surface area (Å²) in [4.78, 5) is 11.3. The fraction of sp³-hybridized carbons (Fsp3) is 0.583. The summed E-state index contributed by atoms with van der Waals surface area (Å²) in [6.45, 7) is 3.17. The highest BCUT2D eigenvalue weighted by Crippen LogP contribution is 2.20. The van der Waals surface area contributed by atoms with Crippen molar-refractivity contribution in [2.75, 3.05) is 13.1 Å². The number of hydrogen-bond acceptors (Lipinski definition) is 3. The van der Waals surface area contributed by atoms with Crippen LogP contribution in [0.3, 0.4) is 0 Å². The van der Waals surface area contributed by atoms with Crippen molar-refractivity contribution in [3.8, 4) is 0 Å². The van der Waals surface area contributed by atoms with Crippen molar-refractivity contribution in [2.24, 2.45) is 0 Å². The third-order valence-electron chi connectivity index (χ3n) is 2.94. The highest BCUT2D eigenvalue weighted by molar-refractivity contribution is 7.89. The third kappa shape index (κ3) is 4.57. The molecule has 0 radical (unpaired) electrons. The van der Waals surface area contributed by atoms with Crippen molar-refractivity contribution in [2.45, 2.75) is 37.9 Å². The fourth-order valence-electron chi connectivity index (χ4n) is 1.80. The van der Waals surface area contributed by atoms with Gasteiger partial charge in [0.2, 0.25) is 10.0 Å². The maximum absolute atomic E-state index is 12.2. The van der Waals surface area contributed by atoms with Gasteiger partial charge in [-0.2, -0.15) is 17.5 Å². The first-order valence-corrected chi connectivity index (χ1v) is 7.83. The minimum atomic E-state index is -4.41. The Kier molecular flexibility index (Phi) is 5.57. The molecule has 5 nitrogen and oxygen atoms in total. The van der Waals surface area contributed by atoms with Crippen LogP contribution in [0.1, 0.15) is 20.3 Å². The second-order valence-electron chi connectivity index (χ2n) is 4.35. The monoisotopic (exact) mass is 326 g/mol. The fourth-order valence-corrected chi connectivity index (χ4v) is 3.27. The SMILES string of the molecule is CCN(CC)S(=O)(=O)c1ccc(=O)n(CCC(F)(F)F)c1. The van der Waals surface area contributed by atoms with E-state index in [-0.39, 0.29) is 18.0 Å². The summed E-state index contributed by atoms with van der Waals surface area (Å²) in [6, 6.07) is 2.08. The molecule has 21 heavy (non-hydrogen) atoms. The van der Waals surface area contributed by atoms with Crippen LogP contribution >= 0.6 is 0 Å². The van der Waals surface area contributed by atoms with E-state index in [0.717, 1.165) is 22.9 Å². The Hall–Kier alpha value is -1.35. The first-order valence-electron chi connectivity index (χ1n) is 6.39. The average molecular weight is 326 g/mol. The van der Waals surface area contributed by atoms with Crippen molar-refractivity contribution in [1.82, 2.24) is 8.87 Å². The highest BCUT2D eigenvalue weighted by Gasteiger charge is 2.27. The average Bonchev–Trinajstić information content (AvgIpc) is 2.37. The molecule has 0 aliphatic carbocycles. The summed E-state index contributed by atoms with van der Waals surface area (Å²) in [5.41, 5.74) is -0.669. The van der Waals surface area contributed by atoms with Gasteiger partial charge in [-0.25, -0.2) is 8.42 Å². The quantitative estimate of drug-likeness (QED) is 0.801. The number of aryl methyl sites for hydroxylation is 1. The number of nitrogens with zero attached hydrogens (tertiary/aromatic N) is 2. The predicted octanol–water partition coefficient (Wildman–Crippen LogP) is 1.83. The topological polar surface area (TPSA) is 59.4 Å². The molecule has 9 heteroatoms. The van der Waals surface area contributed by atoms with E-state index in [4.69, 9.17) is 0 Å². The minimum absolute atomic E-state index is 0.187. The zero-order valence-corrected chi connectivity index (χ0v) is 12.5. The number of hydrogen-bond donors (Lipinski definition) is 0. The molecule has 1 aromatic rings. The van der Waals surface area contributed by atoms with Gasteiger partial charge in [0.15, 0.2) is 0 Å². The van der Waals surface area contributed by atoms with Crippen LogP contribution in [-0.2, 0) is 16.6 Å². The van der Waals surface area contributed by atoms with Crippen molar-refractivity contribution in [3.05, 3.63) is 28.7 Å². The summed E-state index contributed by atoms with van der Waals surface area (Å²) in [5.74, 6) is 0. The lowest BCUT2D eigenvalue weighted by atomic mass is 10.4. The van der Waals surface area contributed by atoms with Crippen LogP contribution in [0, 0.1) is 0 Å². The van der Waals surface area contributed by atoms with E-state index >= 15 is 0 Å². The number of halogens is 3. The summed E-state index contributed by atoms with van der Waals surface area (Å²) >= 11 is 0. The maximum Gasteiger partial charge on any atom is 0.390 e. The van der Waals surface area contributed by atoms with Gasteiger partial charge in [-0.05, 0) is 6.07 Å². The molecule has 1 heterocycles. The largest absolute Gasteiger partial charge is 0.390 e. The zero-order valence-electron chi connectivity index (χ0n) is 11.7. The molecule has 1 rings (SSSR count). The molecule has 0 amide bonds. The normalized spacial score (nSPS) is 12.9. The smallest absolute Gasteiger partial charge is 0.314 e. The predicted molar refractivity (Wildman–Crippen MR) is 71.5 cm³/mol. The molecule has 0 unspecified atom stereocenters. The molecule has 0 aliphatic rings. The van der Waals surface area contributed by atoms with E-state index in [1.807, 2.05) is 0 Å². The first-order chi connectivity index (χ1) is 9.61. The maximum atomic E-state index is 12.2. The van der Waals surface area contributed by atoms with Gasteiger partial charge in [-0.15, -0.1) is 0 Å². The molecule has 0 spiro atoms. The second kappa shape index (κ2) is 6.61. The molecule has 0 aromatic carbocycles. The van der Waals surface area contributed by atoms with E-state index in [2.05, 4.69) is 0 Å². The zero-order chi connectivity index (χ0) is 16.3. The van der Waals surface area contributed by atoms with Crippen molar-refractivity contribution in [3.63, 3.8) is 0 Å². The lowest BCUT2D eigenvalue weighted by Crippen LogP contribution is -2.32. The van der Waals surface area contributed by atoms with Crippen LogP contribution in [0.2, 0.25) is 0 Å². The van der Waals surface area contributed by atoms with Crippen molar-refractivity contribution >= 4 is 10.0 Å². The van der Waals surface area contributed by atoms with Crippen molar-refractivity contribution < 1.29 is 21.6 Å². The Morgan fingerprint density at radius 2 is 1.76 bits per heavy atom. The highest BCUT2D eigenvalue weighted by atomic mass is 32.2. The number of aromatic nitrogens is 1. The molecular formula is C12H17F3N2O3S. The molecule has 0 bridgehead atoms. The Balaban J connectivity index is 3.15. The van der Waals surface area contributed by atoms with E-state index in [1.54, 1.807) is 13.8 Å². The summed E-state index contributed by atoms with van der Waals surface area (Å²) in [6.07, 6.45) is -4.64. The van der Waals surface area contributed by atoms with E-state index in [0.29, 0.717) is 0 Å². The first kappa shape index (κ1) is 17.7. The van der Waals surface area contributed by atoms with Gasteiger partial charge in [0, 0.05) is 31.9 Å². The van der Waals surface area contributed by atoms with Gasteiger partial charge in [-0.1, -0.05) is 13.8 Å². The molecule has 0 atom stereocenters. The lowest BCUT2D eigenvalue weighted by molar-refractivity contribution is -0.136. The van der Waals surface area contributed by atoms with Crippen molar-refractivity contribution in [1.29, 1.82) is 0 Å². The molecule has 1 aromatic heterocycles. The van der Waals surface area contributed by atoms with Gasteiger partial charge < -0.3 is 4.57 Å². The molecule has 0 saturated heterocycles. The van der Waals surface area contributed by atoms with E-state index in [1.165, 1.54) is 4.31 Å². The second-order valence-corrected chi connectivity index (χ2v) is 6.29. The lowest BCUT2D eigenvalue weighted by Gasteiger charge is -2.19. The van der Waals surface area contributed by atoms with Crippen LogP contribution in [0.15, 0.2) is 28.0 Å². The van der Waals surface area contributed by atoms with E-state index in [9.17, 15) is 26.4 Å². The van der Waals surface area contributed by atoms with Crippen LogP contribution in [-0.4, -0.2) is 36.6 Å². The van der Waals surface area contributed by atoms with Gasteiger partial charge in [0.05, 0.1) is 11.3 Å². The molecule has 120 valence electrons. The van der Waals surface area contributed by atoms with Crippen LogP contribution in [0.25, 0.3) is 0 Å². The number of sulfonamides is 1. The molecule has 0 saturated carbocycles. The number of alkyl halides is 3.